The van der Waals surface area contributed by atoms with Gasteiger partial charge in [0.05, 0.1) is 12.9 Å². The van der Waals surface area contributed by atoms with Gasteiger partial charge in [0.25, 0.3) is 5.91 Å². The van der Waals surface area contributed by atoms with E-state index in [-0.39, 0.29) is 17.2 Å². The van der Waals surface area contributed by atoms with E-state index in [1.54, 1.807) is 13.4 Å². The van der Waals surface area contributed by atoms with Gasteiger partial charge >= 0.3 is 0 Å². The van der Waals surface area contributed by atoms with Gasteiger partial charge < -0.3 is 19.0 Å². The van der Waals surface area contributed by atoms with Crippen molar-refractivity contribution in [2.24, 2.45) is 5.41 Å². The number of amides is 2. The van der Waals surface area contributed by atoms with Crippen molar-refractivity contribution in [3.05, 3.63) is 23.7 Å². The van der Waals surface area contributed by atoms with Crippen molar-refractivity contribution < 1.29 is 18.7 Å². The largest absolute Gasteiger partial charge is 0.459 e. The molecule has 2 saturated heterocycles. The molecule has 1 spiro atoms. The Bertz CT molecular complexity index is 587. The quantitative estimate of drug-likeness (QED) is 0.847. The van der Waals surface area contributed by atoms with Crippen LogP contribution in [-0.4, -0.2) is 61.5 Å². The Labute approximate surface area is 136 Å². The highest BCUT2D eigenvalue weighted by Gasteiger charge is 2.45. The van der Waals surface area contributed by atoms with Crippen molar-refractivity contribution in [1.82, 2.24) is 9.80 Å². The molecule has 0 aromatic carbocycles. The molecule has 0 saturated carbocycles. The third kappa shape index (κ3) is 3.13. The van der Waals surface area contributed by atoms with Crippen LogP contribution in [0.4, 0.5) is 0 Å². The molecule has 2 fully saturated rings. The van der Waals surface area contributed by atoms with Crippen LogP contribution >= 0.6 is 0 Å². The number of rotatable bonds is 4. The number of likely N-dealkylation sites (tertiary alicyclic amines) is 2. The molecule has 0 aliphatic carbocycles. The highest BCUT2D eigenvalue weighted by Crippen LogP contribution is 2.41. The molecule has 0 unspecified atom stereocenters. The van der Waals surface area contributed by atoms with Crippen LogP contribution in [0, 0.1) is 12.3 Å². The molecule has 3 heterocycles. The van der Waals surface area contributed by atoms with E-state index in [1.807, 2.05) is 22.8 Å². The van der Waals surface area contributed by atoms with Gasteiger partial charge in [0, 0.05) is 50.7 Å². The summed E-state index contributed by atoms with van der Waals surface area (Å²) in [7, 11) is 1.65. The lowest BCUT2D eigenvalue weighted by Gasteiger charge is -2.38. The Morgan fingerprint density at radius 1 is 1.39 bits per heavy atom. The molecule has 0 N–H and O–H groups in total. The van der Waals surface area contributed by atoms with Crippen LogP contribution in [0.2, 0.25) is 0 Å². The van der Waals surface area contributed by atoms with Gasteiger partial charge in [0.15, 0.2) is 5.76 Å². The molecule has 3 rings (SSSR count). The first-order valence-electron chi connectivity index (χ1n) is 8.15. The first-order valence-corrected chi connectivity index (χ1v) is 8.15. The van der Waals surface area contributed by atoms with E-state index in [2.05, 4.69) is 0 Å². The average Bonchev–Trinajstić information content (AvgIpc) is 3.09. The van der Waals surface area contributed by atoms with E-state index in [1.165, 1.54) is 0 Å². The zero-order chi connectivity index (χ0) is 16.4. The van der Waals surface area contributed by atoms with Gasteiger partial charge in [0.1, 0.15) is 0 Å². The van der Waals surface area contributed by atoms with Crippen LogP contribution in [0.15, 0.2) is 16.7 Å². The van der Waals surface area contributed by atoms with Gasteiger partial charge in [-0.15, -0.1) is 0 Å². The summed E-state index contributed by atoms with van der Waals surface area (Å²) in [5.41, 5.74) is 0.900. The lowest BCUT2D eigenvalue weighted by molar-refractivity contribution is -0.128. The molecule has 2 aliphatic heterocycles. The second-order valence-corrected chi connectivity index (χ2v) is 6.71. The molecule has 0 bridgehead atoms. The molecule has 0 atom stereocenters. The normalized spacial score (nSPS) is 20.5. The monoisotopic (exact) mass is 320 g/mol. The molecule has 2 aliphatic rings. The molecule has 6 nitrogen and oxygen atoms in total. The maximum Gasteiger partial charge on any atom is 0.289 e. The van der Waals surface area contributed by atoms with E-state index >= 15 is 0 Å². The van der Waals surface area contributed by atoms with Crippen molar-refractivity contribution in [3.63, 3.8) is 0 Å². The summed E-state index contributed by atoms with van der Waals surface area (Å²) in [6.07, 6.45) is 3.89. The second kappa shape index (κ2) is 6.35. The topological polar surface area (TPSA) is 63.0 Å². The molecule has 23 heavy (non-hydrogen) atoms. The number of ether oxygens (including phenoxy) is 1. The lowest BCUT2D eigenvalue weighted by atomic mass is 9.77. The Kier molecular flexibility index (Phi) is 4.43. The molecular formula is C17H24N2O4. The summed E-state index contributed by atoms with van der Waals surface area (Å²) >= 11 is 0. The number of carbonyl (C=O) groups excluding carboxylic acids is 2. The van der Waals surface area contributed by atoms with Gasteiger partial charge in [-0.1, -0.05) is 0 Å². The number of nitrogens with zero attached hydrogens (tertiary/aromatic N) is 2. The second-order valence-electron chi connectivity index (χ2n) is 6.71. The number of hydrogen-bond acceptors (Lipinski definition) is 4. The van der Waals surface area contributed by atoms with Crippen LogP contribution in [-0.2, 0) is 9.53 Å². The van der Waals surface area contributed by atoms with Crippen LogP contribution in [0.1, 0.15) is 35.4 Å². The molecule has 126 valence electrons. The van der Waals surface area contributed by atoms with Crippen molar-refractivity contribution in [2.75, 3.05) is 39.9 Å². The summed E-state index contributed by atoms with van der Waals surface area (Å²) in [5, 5.41) is 0. The minimum Gasteiger partial charge on any atom is -0.459 e. The summed E-state index contributed by atoms with van der Waals surface area (Å²) in [4.78, 5) is 28.4. The zero-order valence-electron chi connectivity index (χ0n) is 13.8. The van der Waals surface area contributed by atoms with E-state index in [0.29, 0.717) is 38.4 Å². The number of aryl methyl sites for hydroxylation is 1. The summed E-state index contributed by atoms with van der Waals surface area (Å²) in [6.45, 7) is 5.27. The van der Waals surface area contributed by atoms with E-state index in [0.717, 1.165) is 24.9 Å². The smallest absolute Gasteiger partial charge is 0.289 e. The van der Waals surface area contributed by atoms with Gasteiger partial charge in [0.2, 0.25) is 5.91 Å². The molecule has 2 amide bonds. The summed E-state index contributed by atoms with van der Waals surface area (Å²) < 4.78 is 10.4. The van der Waals surface area contributed by atoms with Crippen molar-refractivity contribution >= 4 is 11.8 Å². The molecule has 1 aromatic rings. The maximum absolute atomic E-state index is 12.5. The minimum absolute atomic E-state index is 0.0276. The van der Waals surface area contributed by atoms with Gasteiger partial charge in [-0.3, -0.25) is 9.59 Å². The Hall–Kier alpha value is -1.82. The number of piperidine rings is 1. The van der Waals surface area contributed by atoms with Crippen LogP contribution in [0.25, 0.3) is 0 Å². The Morgan fingerprint density at radius 3 is 2.74 bits per heavy atom. The molecule has 1 aromatic heterocycles. The van der Waals surface area contributed by atoms with Crippen molar-refractivity contribution in [3.8, 4) is 0 Å². The predicted molar refractivity (Wildman–Crippen MR) is 84.1 cm³/mol. The van der Waals surface area contributed by atoms with Gasteiger partial charge in [-0.25, -0.2) is 0 Å². The third-order valence-corrected chi connectivity index (χ3v) is 5.14. The van der Waals surface area contributed by atoms with E-state index < -0.39 is 0 Å². The van der Waals surface area contributed by atoms with Crippen LogP contribution < -0.4 is 0 Å². The van der Waals surface area contributed by atoms with Crippen LogP contribution in [0.5, 0.6) is 0 Å². The standard InChI is InChI=1S/C17H24N2O4/c1-13-3-9-23-15(13)16(21)18-6-4-17(5-7-18)11-14(20)19(12-17)8-10-22-2/h3,9H,4-8,10-12H2,1-2H3. The first kappa shape index (κ1) is 16.1. The van der Waals surface area contributed by atoms with Crippen molar-refractivity contribution in [1.29, 1.82) is 0 Å². The minimum atomic E-state index is -0.0390. The SMILES string of the molecule is COCCN1CC2(CCN(C(=O)c3occc3C)CC2)CC1=O. The van der Waals surface area contributed by atoms with E-state index in [9.17, 15) is 9.59 Å². The first-order chi connectivity index (χ1) is 11.0. The Balaban J connectivity index is 1.59. The number of carbonyl (C=O) groups is 2. The fourth-order valence-electron chi connectivity index (χ4n) is 3.64. The highest BCUT2D eigenvalue weighted by atomic mass is 16.5. The molecule has 6 heteroatoms. The predicted octanol–water partition coefficient (Wildman–Crippen LogP) is 1.69. The number of hydrogen-bond donors (Lipinski definition) is 0. The molecule has 0 radical (unpaired) electrons. The lowest BCUT2D eigenvalue weighted by Crippen LogP contribution is -2.44. The summed E-state index contributed by atoms with van der Waals surface area (Å²) in [5.74, 6) is 0.608. The van der Waals surface area contributed by atoms with Crippen molar-refractivity contribution in [2.45, 2.75) is 26.2 Å². The maximum atomic E-state index is 12.5. The highest BCUT2D eigenvalue weighted by molar-refractivity contribution is 5.93. The summed E-state index contributed by atoms with van der Waals surface area (Å²) in [6, 6.07) is 1.81. The van der Waals surface area contributed by atoms with E-state index in [4.69, 9.17) is 9.15 Å². The van der Waals surface area contributed by atoms with Crippen LogP contribution in [0.3, 0.4) is 0 Å². The number of furan rings is 1. The van der Waals surface area contributed by atoms with Gasteiger partial charge in [-0.05, 0) is 25.8 Å². The Morgan fingerprint density at radius 2 is 2.13 bits per heavy atom. The zero-order valence-corrected chi connectivity index (χ0v) is 13.8. The van der Waals surface area contributed by atoms with Gasteiger partial charge in [-0.2, -0.15) is 0 Å². The molecular weight excluding hydrogens is 296 g/mol. The average molecular weight is 320 g/mol. The third-order valence-electron chi connectivity index (χ3n) is 5.14. The fraction of sp³-hybridized carbons (Fsp3) is 0.647. The fourth-order valence-corrected chi connectivity index (χ4v) is 3.64. The number of methoxy groups -OCH3 is 1.